The van der Waals surface area contributed by atoms with Gasteiger partial charge in [0.05, 0.1) is 0 Å². The predicted octanol–water partition coefficient (Wildman–Crippen LogP) is 18.5. The van der Waals surface area contributed by atoms with Gasteiger partial charge < -0.3 is 0 Å². The van der Waals surface area contributed by atoms with Crippen LogP contribution in [-0.4, -0.2) is 0 Å². The first-order valence-electron chi connectivity index (χ1n) is 22.4. The summed E-state index contributed by atoms with van der Waals surface area (Å²) in [6.07, 6.45) is -8.77. The van der Waals surface area contributed by atoms with Crippen LogP contribution in [-0.2, 0) is 28.6 Å². The minimum Gasteiger partial charge on any atom is -0.0445 e. The summed E-state index contributed by atoms with van der Waals surface area (Å²) in [7, 11) is 0. The van der Waals surface area contributed by atoms with Gasteiger partial charge in [-0.2, -0.15) is 17.6 Å². The van der Waals surface area contributed by atoms with Gasteiger partial charge in [0.2, 0.25) is 0 Å². The number of nitrogen functional groups attached to an aromatic ring is 1. The number of rotatable bonds is 9. The molecule has 0 spiro atoms. The predicted molar refractivity (Wildman–Crippen MR) is 285 cm³/mol. The molecule has 366 valence electrons. The number of nitrogens with zero attached hydrogens (tertiary/aromatic N) is 1. The van der Waals surface area contributed by atoms with E-state index in [4.69, 9.17) is 5.73 Å². The van der Waals surface area contributed by atoms with Crippen LogP contribution in [0.1, 0.15) is 44.5 Å². The van der Waals surface area contributed by atoms with E-state index in [9.17, 15) is 40.4 Å². The molecular weight excluding hydrogens is 1180 g/mol. The number of nitriles is 1. The molecule has 0 bridgehead atoms. The van der Waals surface area contributed by atoms with Gasteiger partial charge in [-0.15, -0.1) is 0 Å². The van der Waals surface area contributed by atoms with Gasteiger partial charge in [0, 0.05) is 33.7 Å². The molecule has 0 fully saturated rings. The van der Waals surface area contributed by atoms with Gasteiger partial charge in [-0.25, -0.2) is 0 Å². The maximum absolute atomic E-state index is 15.1. The van der Waals surface area contributed by atoms with Crippen molar-refractivity contribution in [1.29, 1.82) is 5.26 Å². The Bertz CT molecular complexity index is 3690. The zero-order valence-electron chi connectivity index (χ0n) is 38.1. The van der Waals surface area contributed by atoms with Crippen LogP contribution >= 0.6 is 42.4 Å². The van der Waals surface area contributed by atoms with Crippen LogP contribution in [0.4, 0.5) is 49.6 Å². The fourth-order valence-corrected chi connectivity index (χ4v) is 16.2. The van der Waals surface area contributed by atoms with E-state index in [2.05, 4.69) is 12.6 Å². The van der Waals surface area contributed by atoms with Crippen molar-refractivity contribution in [3.05, 3.63) is 226 Å². The second kappa shape index (κ2) is 18.3. The van der Waals surface area contributed by atoms with E-state index in [1.54, 1.807) is 37.3 Å². The topological polar surface area (TPSA) is 49.8 Å². The maximum Gasteiger partial charge on any atom is -0.0445 e. The molecule has 2 nitrogen and oxygen atoms in total. The number of benzene rings is 9. The van der Waals surface area contributed by atoms with Crippen LogP contribution < -0.4 is 5.73 Å². The molecule has 1 heterocycles. The number of hydrogen-bond donors (Lipinski definition) is 1. The van der Waals surface area contributed by atoms with E-state index in [0.717, 1.165) is 99.8 Å². The summed E-state index contributed by atoms with van der Waals surface area (Å²) in [4.78, 5) is 0. The van der Waals surface area contributed by atoms with Crippen molar-refractivity contribution in [1.82, 2.24) is 0 Å². The second-order valence-electron chi connectivity index (χ2n) is 17.7. The Balaban J connectivity index is 1.22. The molecule has 0 radical (unpaired) electrons. The maximum atomic E-state index is 15.1. The largest absolute Gasteiger partial charge is 0.0445 e. The summed E-state index contributed by atoms with van der Waals surface area (Å²) in [5, 5.41) is 12.8. The number of halogens is 12. The van der Waals surface area contributed by atoms with Gasteiger partial charge in [0.15, 0.2) is 0 Å². The quantitative estimate of drug-likeness (QED) is 0.0391. The Morgan fingerprint density at radius 1 is 0.548 bits per heavy atom. The molecule has 0 aromatic heterocycles. The van der Waals surface area contributed by atoms with Crippen LogP contribution in [0.5, 0.6) is 0 Å². The molecule has 73 heavy (non-hydrogen) atoms. The third kappa shape index (κ3) is 9.23. The Morgan fingerprint density at radius 2 is 1.05 bits per heavy atom. The minimum atomic E-state index is -4.74. The minimum absolute atomic E-state index is 0.114. The van der Waals surface area contributed by atoms with Crippen molar-refractivity contribution in [3.63, 3.8) is 0 Å². The fourth-order valence-electron chi connectivity index (χ4n) is 9.56. The molecule has 1 aliphatic rings. The molecule has 0 aliphatic carbocycles. The van der Waals surface area contributed by atoms with E-state index >= 15 is 8.78 Å². The molecular formula is C59H36F10I2N2. The summed E-state index contributed by atoms with van der Waals surface area (Å²) in [5.74, 6) is -3.39. The first kappa shape index (κ1) is 49.9. The van der Waals surface area contributed by atoms with Gasteiger partial charge in [-0.3, -0.25) is 0 Å². The Kier molecular flexibility index (Phi) is 12.5. The van der Waals surface area contributed by atoms with Crippen molar-refractivity contribution >= 4 is 69.6 Å². The average Bonchev–Trinajstić information content (AvgIpc) is 3.68. The zero-order chi connectivity index (χ0) is 51.9. The molecule has 10 rings (SSSR count). The Labute approximate surface area is 433 Å². The van der Waals surface area contributed by atoms with Crippen LogP contribution in [0.3, 0.4) is 0 Å². The summed E-state index contributed by atoms with van der Waals surface area (Å²) in [6, 6.07) is 43.0. The van der Waals surface area contributed by atoms with Gasteiger partial charge in [0.1, 0.15) is 0 Å². The molecule has 0 unspecified atom stereocenters. The third-order valence-corrected chi connectivity index (χ3v) is 19.9. The van der Waals surface area contributed by atoms with Crippen LogP contribution in [0.2, 0.25) is 0 Å². The number of hydrogen-bond acceptors (Lipinski definition) is 2. The van der Waals surface area contributed by atoms with Crippen LogP contribution in [0.15, 0.2) is 170 Å². The molecule has 2 N–H and O–H groups in total. The molecule has 0 amide bonds. The molecule has 14 heteroatoms. The summed E-state index contributed by atoms with van der Waals surface area (Å²) in [5.41, 5.74) is 10.3. The van der Waals surface area contributed by atoms with Gasteiger partial charge in [-0.05, 0) is 24.6 Å². The van der Waals surface area contributed by atoms with E-state index in [0.29, 0.717) is 46.7 Å². The van der Waals surface area contributed by atoms with Gasteiger partial charge >= 0.3 is 336 Å². The van der Waals surface area contributed by atoms with Crippen LogP contribution in [0.25, 0.3) is 66.1 Å². The number of alkyl halides is 11. The Hall–Kier alpha value is -6.71. The second-order valence-corrected chi connectivity index (χ2v) is 24.2. The van der Waals surface area contributed by atoms with Crippen LogP contribution in [0, 0.1) is 29.0 Å². The monoisotopic (exact) mass is 1220 g/mol. The summed E-state index contributed by atoms with van der Waals surface area (Å²) >= 11 is -1.99. The third-order valence-electron chi connectivity index (χ3n) is 13.1. The number of nitrogens with two attached hydrogens (primary N) is 1. The number of allylic oxidation sites excluding steroid dienone is 1. The number of anilines is 1. The normalized spacial score (nSPS) is 13.3. The van der Waals surface area contributed by atoms with Crippen molar-refractivity contribution in [2.24, 2.45) is 0 Å². The molecule has 9 aromatic carbocycles. The first-order chi connectivity index (χ1) is 34.5. The molecule has 0 saturated heterocycles. The standard InChI is InChI=1S/C59H36F10I2N2/c1-3-56(60,61)38-13-4-32(2)46(26-38)47-29-41(59(68,69)70)14-10-37(47)24-34-7-20-44-50(25-34)54(35-8-5-33(31-72)6-9-35)45-21-17-42(30-51(45)55(44)36-11-18-43(73)19-12-36)71-52-22-15-39(57(62,63)64)27-48(52)49-28-40(58(65,66)67)16-23-53(49)71/h3-23,25-30H,1,24,73H2,2H3. The van der Waals surface area contributed by atoms with Crippen molar-refractivity contribution in [3.8, 4) is 50.6 Å². The van der Waals surface area contributed by atoms with E-state index in [1.807, 2.05) is 60.7 Å². The fraction of sp³-hybridized carbons (Fsp3) is 0.102. The van der Waals surface area contributed by atoms with Crippen molar-refractivity contribution in [2.45, 2.75) is 35.5 Å². The SMILES string of the molecule is C=CC(F)(F)c1ccc(C)c(-c2cc(C(F)(F)I)ccc2Cc2ccc3c(-c4ccc(N)cc4)c4cc(I5c6ccc(C(F)(F)F)cc6-c6cc(C(F)(F)F)ccc65)ccc4c(-c4ccc(C#N)cc4)c3c2)c1. The molecule has 1 aliphatic heterocycles. The van der Waals surface area contributed by atoms with Crippen molar-refractivity contribution in [2.75, 3.05) is 5.73 Å². The summed E-state index contributed by atoms with van der Waals surface area (Å²) < 4.78 is 144. The first-order valence-corrected chi connectivity index (χ1v) is 26.7. The molecule has 9 aromatic rings. The van der Waals surface area contributed by atoms with Crippen molar-refractivity contribution < 1.29 is 43.9 Å². The average molecular weight is 1220 g/mol. The van der Waals surface area contributed by atoms with E-state index in [1.165, 1.54) is 42.5 Å². The number of fused-ring (bicyclic) bond motifs is 5. The van der Waals surface area contributed by atoms with E-state index < -0.39 is 53.2 Å². The smallest absolute Gasteiger partial charge is 0.0445 e. The van der Waals surface area contributed by atoms with Gasteiger partial charge in [-0.1, -0.05) is 18.7 Å². The zero-order valence-corrected chi connectivity index (χ0v) is 42.4. The number of aryl methyl sites for hydroxylation is 1. The summed E-state index contributed by atoms with van der Waals surface area (Å²) in [6.45, 7) is 5.01. The molecule has 0 saturated carbocycles. The van der Waals surface area contributed by atoms with Gasteiger partial charge in [0.25, 0.3) is 5.92 Å². The Morgan fingerprint density at radius 3 is 1.60 bits per heavy atom. The van der Waals surface area contributed by atoms with E-state index in [-0.39, 0.29) is 28.7 Å². The molecule has 0 atom stereocenters.